The predicted molar refractivity (Wildman–Crippen MR) is 67.7 cm³/mol. The minimum Gasteiger partial charge on any atom is -0.383 e. The lowest BCUT2D eigenvalue weighted by Gasteiger charge is -2.11. The van der Waals surface area contributed by atoms with E-state index in [0.717, 1.165) is 13.0 Å². The smallest absolute Gasteiger partial charge is 0.132 e. The molecule has 0 fully saturated rings. The number of aromatic nitrogens is 2. The van der Waals surface area contributed by atoms with Crippen LogP contribution < -0.4 is 0 Å². The summed E-state index contributed by atoms with van der Waals surface area (Å²) in [6, 6.07) is 5.03. The highest BCUT2D eigenvalue weighted by molar-refractivity contribution is 5.32. The summed E-state index contributed by atoms with van der Waals surface area (Å²) in [5, 5.41) is 14.3. The molecular formula is C14H17FN2O. The van der Waals surface area contributed by atoms with Gasteiger partial charge in [0.15, 0.2) is 0 Å². The van der Waals surface area contributed by atoms with Gasteiger partial charge in [0, 0.05) is 23.9 Å². The molecule has 0 aliphatic carbocycles. The molecule has 0 aliphatic heterocycles. The minimum atomic E-state index is -0.962. The average Bonchev–Trinajstić information content (AvgIpc) is 2.81. The van der Waals surface area contributed by atoms with Gasteiger partial charge in [-0.25, -0.2) is 4.39 Å². The summed E-state index contributed by atoms with van der Waals surface area (Å²) in [4.78, 5) is 0. The number of nitrogens with zero attached hydrogens (tertiary/aromatic N) is 2. The van der Waals surface area contributed by atoms with Gasteiger partial charge in [-0.2, -0.15) is 5.10 Å². The maximum Gasteiger partial charge on any atom is 0.132 e. The number of rotatable bonds is 4. The third-order valence-electron chi connectivity index (χ3n) is 2.94. The zero-order valence-electron chi connectivity index (χ0n) is 10.6. The molecule has 1 aromatic carbocycles. The Kier molecular flexibility index (Phi) is 3.77. The van der Waals surface area contributed by atoms with Crippen LogP contribution in [0.1, 0.15) is 36.1 Å². The Bertz CT molecular complexity index is 536. The number of aliphatic hydroxyl groups is 1. The topological polar surface area (TPSA) is 38.0 Å². The van der Waals surface area contributed by atoms with Gasteiger partial charge in [0.25, 0.3) is 0 Å². The maximum absolute atomic E-state index is 13.9. The molecule has 2 aromatic rings. The quantitative estimate of drug-likeness (QED) is 0.903. The van der Waals surface area contributed by atoms with Crippen LogP contribution in [0.5, 0.6) is 0 Å². The van der Waals surface area contributed by atoms with Crippen molar-refractivity contribution in [1.29, 1.82) is 0 Å². The molecule has 1 aromatic heterocycles. The van der Waals surface area contributed by atoms with E-state index in [1.54, 1.807) is 42.2 Å². The van der Waals surface area contributed by atoms with E-state index >= 15 is 0 Å². The molecule has 4 heteroatoms. The lowest BCUT2D eigenvalue weighted by Crippen LogP contribution is -2.03. The maximum atomic E-state index is 13.9. The van der Waals surface area contributed by atoms with Crippen molar-refractivity contribution >= 4 is 0 Å². The summed E-state index contributed by atoms with van der Waals surface area (Å²) >= 11 is 0. The van der Waals surface area contributed by atoms with Crippen molar-refractivity contribution in [3.63, 3.8) is 0 Å². The van der Waals surface area contributed by atoms with Crippen LogP contribution in [0, 0.1) is 12.7 Å². The van der Waals surface area contributed by atoms with Crippen molar-refractivity contribution in [3.8, 4) is 0 Å². The minimum absolute atomic E-state index is 0.297. The number of aliphatic hydroxyl groups excluding tert-OH is 1. The molecule has 3 nitrogen and oxygen atoms in total. The van der Waals surface area contributed by atoms with E-state index < -0.39 is 6.10 Å². The normalized spacial score (nSPS) is 12.7. The fourth-order valence-corrected chi connectivity index (χ4v) is 1.93. The van der Waals surface area contributed by atoms with Crippen LogP contribution in [-0.2, 0) is 6.54 Å². The van der Waals surface area contributed by atoms with Gasteiger partial charge in [-0.1, -0.05) is 25.1 Å². The number of aryl methyl sites for hydroxylation is 2. The Morgan fingerprint density at radius 1 is 1.44 bits per heavy atom. The molecule has 0 saturated heterocycles. The van der Waals surface area contributed by atoms with Crippen molar-refractivity contribution in [3.05, 3.63) is 53.1 Å². The summed E-state index contributed by atoms with van der Waals surface area (Å²) < 4.78 is 15.7. The van der Waals surface area contributed by atoms with E-state index in [2.05, 4.69) is 12.0 Å². The SMILES string of the molecule is CCCn1cc(C(O)c2cccc(C)c2F)cn1. The molecule has 96 valence electrons. The molecule has 0 radical (unpaired) electrons. The van der Waals surface area contributed by atoms with Gasteiger partial charge in [-0.05, 0) is 18.9 Å². The Balaban J connectivity index is 2.29. The van der Waals surface area contributed by atoms with Crippen molar-refractivity contribution in [2.75, 3.05) is 0 Å². The average molecular weight is 248 g/mol. The summed E-state index contributed by atoms with van der Waals surface area (Å²) in [5.41, 5.74) is 1.45. The fourth-order valence-electron chi connectivity index (χ4n) is 1.93. The van der Waals surface area contributed by atoms with Crippen LogP contribution in [0.15, 0.2) is 30.6 Å². The molecule has 18 heavy (non-hydrogen) atoms. The largest absolute Gasteiger partial charge is 0.383 e. The first-order chi connectivity index (χ1) is 8.63. The highest BCUT2D eigenvalue weighted by Gasteiger charge is 2.17. The third kappa shape index (κ3) is 2.43. The fraction of sp³-hybridized carbons (Fsp3) is 0.357. The van der Waals surface area contributed by atoms with Gasteiger partial charge < -0.3 is 5.11 Å². The second-order valence-corrected chi connectivity index (χ2v) is 4.42. The van der Waals surface area contributed by atoms with Crippen molar-refractivity contribution in [2.45, 2.75) is 32.9 Å². The van der Waals surface area contributed by atoms with Gasteiger partial charge in [-0.3, -0.25) is 4.68 Å². The van der Waals surface area contributed by atoms with Crippen LogP contribution in [0.3, 0.4) is 0 Å². The summed E-state index contributed by atoms with van der Waals surface area (Å²) in [6.07, 6.45) is 3.35. The van der Waals surface area contributed by atoms with Crippen molar-refractivity contribution < 1.29 is 9.50 Å². The van der Waals surface area contributed by atoms with Crippen LogP contribution in [-0.4, -0.2) is 14.9 Å². The first kappa shape index (κ1) is 12.8. The van der Waals surface area contributed by atoms with Gasteiger partial charge in [0.1, 0.15) is 11.9 Å². The molecule has 0 aliphatic rings. The summed E-state index contributed by atoms with van der Waals surface area (Å²) in [6.45, 7) is 4.53. The van der Waals surface area contributed by atoms with Gasteiger partial charge in [-0.15, -0.1) is 0 Å². The van der Waals surface area contributed by atoms with E-state index in [4.69, 9.17) is 0 Å². The van der Waals surface area contributed by atoms with Crippen molar-refractivity contribution in [1.82, 2.24) is 9.78 Å². The standard InChI is InChI=1S/C14H17FN2O/c1-3-7-17-9-11(8-16-17)14(18)12-6-4-5-10(2)13(12)15/h4-6,8-9,14,18H,3,7H2,1-2H3. The van der Waals surface area contributed by atoms with Gasteiger partial charge in [0.2, 0.25) is 0 Å². The highest BCUT2D eigenvalue weighted by atomic mass is 19.1. The lowest BCUT2D eigenvalue weighted by atomic mass is 10.0. The molecule has 1 heterocycles. The van der Waals surface area contributed by atoms with E-state index in [1.165, 1.54) is 0 Å². The van der Waals surface area contributed by atoms with E-state index in [9.17, 15) is 9.50 Å². The molecule has 2 rings (SSSR count). The lowest BCUT2D eigenvalue weighted by molar-refractivity contribution is 0.214. The molecule has 0 spiro atoms. The molecule has 1 unspecified atom stereocenters. The zero-order valence-corrected chi connectivity index (χ0v) is 10.6. The first-order valence-corrected chi connectivity index (χ1v) is 6.09. The number of hydrogen-bond acceptors (Lipinski definition) is 2. The van der Waals surface area contributed by atoms with E-state index in [1.807, 2.05) is 0 Å². The van der Waals surface area contributed by atoms with Crippen LogP contribution in [0.2, 0.25) is 0 Å². The van der Waals surface area contributed by atoms with E-state index in [-0.39, 0.29) is 5.82 Å². The number of halogens is 1. The zero-order chi connectivity index (χ0) is 13.1. The third-order valence-corrected chi connectivity index (χ3v) is 2.94. The molecule has 0 saturated carbocycles. The second kappa shape index (κ2) is 5.31. The molecule has 0 bridgehead atoms. The Hall–Kier alpha value is -1.68. The predicted octanol–water partition coefficient (Wildman–Crippen LogP) is 2.82. The van der Waals surface area contributed by atoms with Crippen LogP contribution >= 0.6 is 0 Å². The number of hydrogen-bond donors (Lipinski definition) is 1. The molecule has 1 atom stereocenters. The van der Waals surface area contributed by atoms with Crippen LogP contribution in [0.4, 0.5) is 4.39 Å². The van der Waals surface area contributed by atoms with Gasteiger partial charge >= 0.3 is 0 Å². The van der Waals surface area contributed by atoms with Crippen molar-refractivity contribution in [2.24, 2.45) is 0 Å². The molecule has 0 amide bonds. The number of benzene rings is 1. The Morgan fingerprint density at radius 2 is 2.22 bits per heavy atom. The highest BCUT2D eigenvalue weighted by Crippen LogP contribution is 2.25. The molecular weight excluding hydrogens is 231 g/mol. The summed E-state index contributed by atoms with van der Waals surface area (Å²) in [5.74, 6) is -0.353. The van der Waals surface area contributed by atoms with E-state index in [0.29, 0.717) is 16.7 Å². The second-order valence-electron chi connectivity index (χ2n) is 4.42. The monoisotopic (exact) mass is 248 g/mol. The first-order valence-electron chi connectivity index (χ1n) is 6.09. The van der Waals surface area contributed by atoms with Crippen LogP contribution in [0.25, 0.3) is 0 Å². The Labute approximate surface area is 106 Å². The Morgan fingerprint density at radius 3 is 2.94 bits per heavy atom. The van der Waals surface area contributed by atoms with Gasteiger partial charge in [0.05, 0.1) is 6.20 Å². The summed E-state index contributed by atoms with van der Waals surface area (Å²) in [7, 11) is 0. The molecule has 1 N–H and O–H groups in total.